The molecular weight excluding hydrogens is 344 g/mol. The monoisotopic (exact) mass is 374 g/mol. The summed E-state index contributed by atoms with van der Waals surface area (Å²) in [6.07, 6.45) is 2.50. The maximum atomic E-state index is 12.3. The Morgan fingerprint density at radius 3 is 2.44 bits per heavy atom. The average Bonchev–Trinajstić information content (AvgIpc) is 2.68. The molecule has 1 aliphatic heterocycles. The normalized spacial score (nSPS) is 15.2. The molecule has 1 heterocycles. The number of carbonyl (C=O) groups is 3. The summed E-state index contributed by atoms with van der Waals surface area (Å²) in [5.74, 6) is -0.244. The highest BCUT2D eigenvalue weighted by molar-refractivity contribution is 5.94. The lowest BCUT2D eigenvalue weighted by molar-refractivity contribution is -0.135. The van der Waals surface area contributed by atoms with E-state index in [0.717, 1.165) is 32.4 Å². The zero-order chi connectivity index (χ0) is 19.6. The van der Waals surface area contributed by atoms with E-state index >= 15 is 0 Å². The third-order valence-electron chi connectivity index (χ3n) is 4.70. The smallest absolute Gasteiger partial charge is 0.251 e. The van der Waals surface area contributed by atoms with Crippen molar-refractivity contribution >= 4 is 17.7 Å². The molecule has 3 amide bonds. The zero-order valence-electron chi connectivity index (χ0n) is 16.2. The van der Waals surface area contributed by atoms with Crippen LogP contribution in [-0.4, -0.2) is 73.3 Å². The fourth-order valence-electron chi connectivity index (χ4n) is 3.03. The number of carbonyl (C=O) groups excluding carboxylic acids is 3. The Labute approximate surface area is 161 Å². The van der Waals surface area contributed by atoms with Crippen molar-refractivity contribution in [1.29, 1.82) is 0 Å². The predicted octanol–water partition coefficient (Wildman–Crippen LogP) is 0.865. The van der Waals surface area contributed by atoms with Crippen LogP contribution in [0.2, 0.25) is 0 Å². The Morgan fingerprint density at radius 1 is 1.15 bits per heavy atom. The highest BCUT2D eigenvalue weighted by Crippen LogP contribution is 2.11. The summed E-state index contributed by atoms with van der Waals surface area (Å²) >= 11 is 0. The zero-order valence-corrected chi connectivity index (χ0v) is 16.2. The highest BCUT2D eigenvalue weighted by atomic mass is 16.2. The number of amides is 3. The van der Waals surface area contributed by atoms with Crippen LogP contribution < -0.4 is 10.6 Å². The lowest BCUT2D eigenvalue weighted by atomic mass is 10.0. The Hall–Kier alpha value is -2.41. The second kappa shape index (κ2) is 10.7. The van der Waals surface area contributed by atoms with Crippen LogP contribution in [0.25, 0.3) is 0 Å². The van der Waals surface area contributed by atoms with Crippen LogP contribution in [0.5, 0.6) is 0 Å². The summed E-state index contributed by atoms with van der Waals surface area (Å²) < 4.78 is 0. The van der Waals surface area contributed by atoms with Crippen LogP contribution in [0.1, 0.15) is 36.5 Å². The van der Waals surface area contributed by atoms with Gasteiger partial charge in [-0.1, -0.05) is 25.1 Å². The van der Waals surface area contributed by atoms with E-state index < -0.39 is 0 Å². The van der Waals surface area contributed by atoms with E-state index in [1.54, 1.807) is 19.2 Å². The number of hydrogen-bond donors (Lipinski definition) is 2. The Morgan fingerprint density at radius 2 is 1.81 bits per heavy atom. The Kier molecular flexibility index (Phi) is 8.26. The quantitative estimate of drug-likeness (QED) is 0.707. The lowest BCUT2D eigenvalue weighted by Gasteiger charge is -2.32. The molecule has 148 valence electrons. The molecule has 0 radical (unpaired) electrons. The first-order valence-corrected chi connectivity index (χ1v) is 9.58. The average molecular weight is 374 g/mol. The van der Waals surface area contributed by atoms with Gasteiger partial charge in [-0.2, -0.15) is 0 Å². The third kappa shape index (κ3) is 7.02. The molecule has 1 aromatic carbocycles. The number of likely N-dealkylation sites (tertiary alicyclic amines) is 1. The Bertz CT molecular complexity index is 627. The largest absolute Gasteiger partial charge is 0.355 e. The molecule has 7 nitrogen and oxygen atoms in total. The second-order valence-electron chi connectivity index (χ2n) is 6.99. The number of piperidine rings is 1. The summed E-state index contributed by atoms with van der Waals surface area (Å²) in [7, 11) is 1.65. The molecule has 1 aromatic rings. The first-order chi connectivity index (χ1) is 13.0. The minimum absolute atomic E-state index is 0.0528. The van der Waals surface area contributed by atoms with Crippen LogP contribution >= 0.6 is 0 Å². The molecule has 2 N–H and O–H groups in total. The fraction of sp³-hybridized carbons (Fsp3) is 0.550. The van der Waals surface area contributed by atoms with Crippen molar-refractivity contribution in [2.45, 2.75) is 32.2 Å². The maximum absolute atomic E-state index is 12.3. The third-order valence-corrected chi connectivity index (χ3v) is 4.70. The summed E-state index contributed by atoms with van der Waals surface area (Å²) in [5, 5.41) is 5.84. The van der Waals surface area contributed by atoms with Gasteiger partial charge in [0.05, 0.1) is 13.1 Å². The van der Waals surface area contributed by atoms with Gasteiger partial charge in [-0.25, -0.2) is 0 Å². The van der Waals surface area contributed by atoms with Gasteiger partial charge in [-0.3, -0.25) is 19.3 Å². The lowest BCUT2D eigenvalue weighted by Crippen LogP contribution is -2.48. The molecule has 0 saturated carbocycles. The fourth-order valence-corrected chi connectivity index (χ4v) is 3.03. The first-order valence-electron chi connectivity index (χ1n) is 9.58. The van der Waals surface area contributed by atoms with E-state index in [0.29, 0.717) is 18.7 Å². The molecule has 1 aliphatic rings. The van der Waals surface area contributed by atoms with Crippen molar-refractivity contribution < 1.29 is 14.4 Å². The van der Waals surface area contributed by atoms with Crippen molar-refractivity contribution in [2.75, 3.05) is 39.8 Å². The second-order valence-corrected chi connectivity index (χ2v) is 6.99. The molecule has 7 heteroatoms. The van der Waals surface area contributed by atoms with Gasteiger partial charge in [-0.05, 0) is 31.4 Å². The predicted molar refractivity (Wildman–Crippen MR) is 104 cm³/mol. The van der Waals surface area contributed by atoms with Crippen molar-refractivity contribution in [3.8, 4) is 0 Å². The molecule has 0 aromatic heterocycles. The van der Waals surface area contributed by atoms with Gasteiger partial charge in [0, 0.05) is 38.3 Å². The van der Waals surface area contributed by atoms with Crippen LogP contribution in [0, 0.1) is 0 Å². The summed E-state index contributed by atoms with van der Waals surface area (Å²) in [6, 6.07) is 9.31. The van der Waals surface area contributed by atoms with Gasteiger partial charge in [0.25, 0.3) is 5.91 Å². The van der Waals surface area contributed by atoms with Gasteiger partial charge in [0.15, 0.2) is 0 Å². The molecule has 27 heavy (non-hydrogen) atoms. The molecule has 0 spiro atoms. The van der Waals surface area contributed by atoms with Gasteiger partial charge in [0.1, 0.15) is 0 Å². The van der Waals surface area contributed by atoms with Crippen molar-refractivity contribution in [3.63, 3.8) is 0 Å². The number of benzene rings is 1. The number of rotatable bonds is 8. The van der Waals surface area contributed by atoms with Crippen LogP contribution in [0.4, 0.5) is 0 Å². The van der Waals surface area contributed by atoms with E-state index in [-0.39, 0.29) is 30.3 Å². The van der Waals surface area contributed by atoms with E-state index in [4.69, 9.17) is 0 Å². The van der Waals surface area contributed by atoms with E-state index in [9.17, 15) is 14.4 Å². The summed E-state index contributed by atoms with van der Waals surface area (Å²) in [5.41, 5.74) is 0.665. The molecule has 2 rings (SSSR count). The van der Waals surface area contributed by atoms with Gasteiger partial charge >= 0.3 is 0 Å². The standard InChI is InChI=1S/C20H30N4O3/c1-3-11-21-18(25)14-23(2)19(26)15-24-12-9-17(10-13-24)22-20(27)16-7-5-4-6-8-16/h4-8,17H,3,9-15H2,1-2H3,(H,21,25)(H,22,27). The molecule has 1 saturated heterocycles. The van der Waals surface area contributed by atoms with E-state index in [2.05, 4.69) is 15.5 Å². The Balaban J connectivity index is 1.70. The maximum Gasteiger partial charge on any atom is 0.251 e. The van der Waals surface area contributed by atoms with E-state index in [1.807, 2.05) is 25.1 Å². The SMILES string of the molecule is CCCNC(=O)CN(C)C(=O)CN1CCC(NC(=O)c2ccccc2)CC1. The molecular formula is C20H30N4O3. The minimum atomic E-state index is -0.130. The van der Waals surface area contributed by atoms with Gasteiger partial charge in [0.2, 0.25) is 11.8 Å². The summed E-state index contributed by atoms with van der Waals surface area (Å²) in [6.45, 7) is 4.51. The van der Waals surface area contributed by atoms with Crippen molar-refractivity contribution in [2.24, 2.45) is 0 Å². The van der Waals surface area contributed by atoms with Crippen LogP contribution in [0.15, 0.2) is 30.3 Å². The van der Waals surface area contributed by atoms with Crippen LogP contribution in [0.3, 0.4) is 0 Å². The number of likely N-dealkylation sites (N-methyl/N-ethyl adjacent to an activating group) is 1. The van der Waals surface area contributed by atoms with Crippen LogP contribution in [-0.2, 0) is 9.59 Å². The number of hydrogen-bond acceptors (Lipinski definition) is 4. The van der Waals surface area contributed by atoms with Gasteiger partial charge < -0.3 is 15.5 Å². The minimum Gasteiger partial charge on any atom is -0.355 e. The first kappa shape index (κ1) is 20.9. The summed E-state index contributed by atoms with van der Waals surface area (Å²) in [4.78, 5) is 39.8. The number of nitrogens with one attached hydrogen (secondary N) is 2. The molecule has 0 bridgehead atoms. The highest BCUT2D eigenvalue weighted by Gasteiger charge is 2.23. The van der Waals surface area contributed by atoms with Gasteiger partial charge in [-0.15, -0.1) is 0 Å². The van der Waals surface area contributed by atoms with Crippen molar-refractivity contribution in [3.05, 3.63) is 35.9 Å². The van der Waals surface area contributed by atoms with Crippen molar-refractivity contribution in [1.82, 2.24) is 20.4 Å². The number of nitrogens with zero attached hydrogens (tertiary/aromatic N) is 2. The van der Waals surface area contributed by atoms with E-state index in [1.165, 1.54) is 4.90 Å². The molecule has 1 fully saturated rings. The topological polar surface area (TPSA) is 81.8 Å². The molecule has 0 atom stereocenters. The molecule has 0 aliphatic carbocycles. The molecule has 0 unspecified atom stereocenters.